The molecule has 0 aliphatic carbocycles. The first-order valence-electron chi connectivity index (χ1n) is 10.7. The molecule has 0 radical (unpaired) electrons. The molecule has 8 nitrogen and oxygen atoms in total. The van der Waals surface area contributed by atoms with E-state index in [2.05, 4.69) is 4.90 Å². The quantitative estimate of drug-likeness (QED) is 0.432. The van der Waals surface area contributed by atoms with E-state index in [9.17, 15) is 13.2 Å². The Bertz CT molecular complexity index is 1200. The van der Waals surface area contributed by atoms with Crippen molar-refractivity contribution in [3.05, 3.63) is 48.0 Å². The molecule has 0 saturated heterocycles. The van der Waals surface area contributed by atoms with Gasteiger partial charge in [0.2, 0.25) is 10.0 Å². The molecular weight excluding hydrogens is 460 g/mol. The predicted octanol–water partition coefficient (Wildman–Crippen LogP) is 3.54. The van der Waals surface area contributed by atoms with Crippen molar-refractivity contribution in [2.45, 2.75) is 18.2 Å². The lowest BCUT2D eigenvalue weighted by Gasteiger charge is -2.21. The van der Waals surface area contributed by atoms with Gasteiger partial charge in [0.05, 0.1) is 16.2 Å². The number of carbonyl (C=O) groups is 1. The minimum absolute atomic E-state index is 0.143. The first-order chi connectivity index (χ1) is 15.6. The Hall–Kier alpha value is -2.53. The summed E-state index contributed by atoms with van der Waals surface area (Å²) in [4.78, 5) is 22.1. The van der Waals surface area contributed by atoms with Gasteiger partial charge < -0.3 is 9.64 Å². The molecule has 178 valence electrons. The van der Waals surface area contributed by atoms with Crippen LogP contribution in [0.5, 0.6) is 5.75 Å². The van der Waals surface area contributed by atoms with Crippen LogP contribution in [-0.4, -0.2) is 76.4 Å². The summed E-state index contributed by atoms with van der Waals surface area (Å²) in [6.07, 6.45) is 0.764. The number of hydrogen-bond donors (Lipinski definition) is 0. The molecule has 3 aromatic rings. The molecule has 2 aromatic carbocycles. The van der Waals surface area contributed by atoms with Gasteiger partial charge in [-0.2, -0.15) is 0 Å². The van der Waals surface area contributed by atoms with E-state index in [1.165, 1.54) is 37.6 Å². The second-order valence-corrected chi connectivity index (χ2v) is 11.1. The monoisotopic (exact) mass is 490 g/mol. The van der Waals surface area contributed by atoms with Crippen LogP contribution in [0.4, 0.5) is 5.13 Å². The molecule has 0 saturated carbocycles. The van der Waals surface area contributed by atoms with Crippen molar-refractivity contribution in [1.82, 2.24) is 14.2 Å². The average Bonchev–Trinajstić information content (AvgIpc) is 3.21. The summed E-state index contributed by atoms with van der Waals surface area (Å²) in [5.41, 5.74) is 1.14. The molecule has 10 heteroatoms. The molecule has 0 unspecified atom stereocenters. The van der Waals surface area contributed by atoms with Crippen molar-refractivity contribution < 1.29 is 17.9 Å². The Morgan fingerprint density at radius 1 is 1.03 bits per heavy atom. The maximum absolute atomic E-state index is 13.5. The van der Waals surface area contributed by atoms with E-state index in [4.69, 9.17) is 9.72 Å². The van der Waals surface area contributed by atoms with Gasteiger partial charge in [-0.15, -0.1) is 0 Å². The lowest BCUT2D eigenvalue weighted by molar-refractivity contribution is 0.0986. The molecule has 33 heavy (non-hydrogen) atoms. The third-order valence-electron chi connectivity index (χ3n) is 5.01. The van der Waals surface area contributed by atoms with Crippen molar-refractivity contribution in [3.8, 4) is 5.75 Å². The second-order valence-electron chi connectivity index (χ2n) is 7.96. The van der Waals surface area contributed by atoms with Gasteiger partial charge in [0.15, 0.2) is 5.13 Å². The van der Waals surface area contributed by atoms with Crippen molar-refractivity contribution in [1.29, 1.82) is 0 Å². The van der Waals surface area contributed by atoms with Crippen molar-refractivity contribution in [2.24, 2.45) is 0 Å². The lowest BCUT2D eigenvalue weighted by atomic mass is 10.2. The normalized spacial score (nSPS) is 12.0. The smallest absolute Gasteiger partial charge is 0.260 e. The molecule has 1 aromatic heterocycles. The summed E-state index contributed by atoms with van der Waals surface area (Å²) in [6, 6.07) is 11.8. The highest BCUT2D eigenvalue weighted by Gasteiger charge is 2.23. The first-order valence-corrected chi connectivity index (χ1v) is 12.9. The molecule has 0 bridgehead atoms. The average molecular weight is 491 g/mol. The Morgan fingerprint density at radius 2 is 1.73 bits per heavy atom. The van der Waals surface area contributed by atoms with Gasteiger partial charge in [0, 0.05) is 26.2 Å². The summed E-state index contributed by atoms with van der Waals surface area (Å²) in [5, 5.41) is 0.589. The predicted molar refractivity (Wildman–Crippen MR) is 133 cm³/mol. The number of fused-ring (bicyclic) bond motifs is 1. The summed E-state index contributed by atoms with van der Waals surface area (Å²) < 4.78 is 32.5. The van der Waals surface area contributed by atoms with Crippen LogP contribution in [0.1, 0.15) is 23.7 Å². The summed E-state index contributed by atoms with van der Waals surface area (Å²) in [6.45, 7) is 3.75. The Morgan fingerprint density at radius 3 is 2.33 bits per heavy atom. The van der Waals surface area contributed by atoms with Crippen LogP contribution in [0.25, 0.3) is 10.2 Å². The molecule has 0 aliphatic rings. The third-order valence-corrected chi connectivity index (χ3v) is 7.89. The molecule has 1 amide bonds. The first kappa shape index (κ1) is 25.1. The summed E-state index contributed by atoms with van der Waals surface area (Å²) in [7, 11) is 3.37. The Balaban J connectivity index is 1.96. The molecule has 0 aliphatic heterocycles. The molecule has 1 heterocycles. The molecule has 0 atom stereocenters. The number of benzene rings is 2. The van der Waals surface area contributed by atoms with E-state index in [1.807, 2.05) is 39.2 Å². The van der Waals surface area contributed by atoms with Crippen LogP contribution in [0.15, 0.2) is 47.4 Å². The highest BCUT2D eigenvalue weighted by molar-refractivity contribution is 7.89. The largest absolute Gasteiger partial charge is 0.492 e. The minimum Gasteiger partial charge on any atom is -0.492 e. The SMILES string of the molecule is CCOc1cccc2sc(N(CCCN(C)C)C(=O)c3ccc(S(=O)(=O)N(C)C)cc3)nc12. The number of rotatable bonds is 10. The highest BCUT2D eigenvalue weighted by Crippen LogP contribution is 2.35. The van der Waals surface area contributed by atoms with E-state index < -0.39 is 10.0 Å². The van der Waals surface area contributed by atoms with Crippen LogP contribution < -0.4 is 9.64 Å². The zero-order chi connectivity index (χ0) is 24.2. The van der Waals surface area contributed by atoms with Crippen molar-refractivity contribution in [3.63, 3.8) is 0 Å². The van der Waals surface area contributed by atoms with Gasteiger partial charge >= 0.3 is 0 Å². The molecule has 0 spiro atoms. The van der Waals surface area contributed by atoms with E-state index in [1.54, 1.807) is 17.0 Å². The van der Waals surface area contributed by atoms with E-state index in [-0.39, 0.29) is 10.8 Å². The van der Waals surface area contributed by atoms with Gasteiger partial charge in [-0.05, 0) is 70.4 Å². The fraction of sp³-hybridized carbons (Fsp3) is 0.391. The highest BCUT2D eigenvalue weighted by atomic mass is 32.2. The second kappa shape index (κ2) is 10.6. The number of amides is 1. The van der Waals surface area contributed by atoms with Crippen LogP contribution >= 0.6 is 11.3 Å². The van der Waals surface area contributed by atoms with E-state index in [0.29, 0.717) is 29.6 Å². The number of carbonyl (C=O) groups excluding carboxylic acids is 1. The molecule has 0 fully saturated rings. The summed E-state index contributed by atoms with van der Waals surface area (Å²) in [5.74, 6) is 0.469. The molecule has 3 rings (SSSR count). The number of nitrogens with zero attached hydrogens (tertiary/aromatic N) is 4. The topological polar surface area (TPSA) is 83.0 Å². The number of para-hydroxylation sites is 1. The van der Waals surface area contributed by atoms with Gasteiger partial charge in [-0.3, -0.25) is 9.69 Å². The lowest BCUT2D eigenvalue weighted by Crippen LogP contribution is -2.33. The number of hydrogen-bond acceptors (Lipinski definition) is 7. The molecular formula is C23H30N4O4S2. The van der Waals surface area contributed by atoms with E-state index in [0.717, 1.165) is 27.5 Å². The maximum Gasteiger partial charge on any atom is 0.260 e. The maximum atomic E-state index is 13.5. The Kier molecular flexibility index (Phi) is 8.06. The van der Waals surface area contributed by atoms with Gasteiger partial charge in [-0.1, -0.05) is 17.4 Å². The van der Waals surface area contributed by atoms with Gasteiger partial charge in [0.25, 0.3) is 5.91 Å². The fourth-order valence-electron chi connectivity index (χ4n) is 3.26. The van der Waals surface area contributed by atoms with Crippen molar-refractivity contribution in [2.75, 3.05) is 52.8 Å². The van der Waals surface area contributed by atoms with E-state index >= 15 is 0 Å². The number of sulfonamides is 1. The zero-order valence-electron chi connectivity index (χ0n) is 19.6. The van der Waals surface area contributed by atoms with Crippen LogP contribution in [-0.2, 0) is 10.0 Å². The number of ether oxygens (including phenoxy) is 1. The summed E-state index contributed by atoms with van der Waals surface area (Å²) >= 11 is 1.44. The van der Waals surface area contributed by atoms with Gasteiger partial charge in [0.1, 0.15) is 11.3 Å². The van der Waals surface area contributed by atoms with Crippen LogP contribution in [0.3, 0.4) is 0 Å². The standard InChI is InChI=1S/C23H30N4O4S2/c1-6-31-19-9-7-10-20-21(19)24-23(32-20)27(16-8-15-25(2)3)22(28)17-11-13-18(14-12-17)33(29,30)26(4)5/h7,9-14H,6,8,15-16H2,1-5H3. The van der Waals surface area contributed by atoms with Gasteiger partial charge in [-0.25, -0.2) is 17.7 Å². The number of thiazole rings is 1. The van der Waals surface area contributed by atoms with Crippen molar-refractivity contribution >= 4 is 42.6 Å². The Labute approximate surface area is 199 Å². The third kappa shape index (κ3) is 5.70. The van der Waals surface area contributed by atoms with Crippen LogP contribution in [0.2, 0.25) is 0 Å². The number of anilines is 1. The number of aromatic nitrogens is 1. The zero-order valence-corrected chi connectivity index (χ0v) is 21.2. The minimum atomic E-state index is -3.56. The fourth-order valence-corrected chi connectivity index (χ4v) is 5.17. The molecule has 0 N–H and O–H groups in total. The van der Waals surface area contributed by atoms with Crippen LogP contribution in [0, 0.1) is 0 Å².